The van der Waals surface area contributed by atoms with Crippen LogP contribution in [0.1, 0.15) is 5.56 Å². The van der Waals surface area contributed by atoms with Crippen LogP contribution in [0.3, 0.4) is 0 Å². The van der Waals surface area contributed by atoms with Gasteiger partial charge in [-0.25, -0.2) is 4.99 Å². The predicted molar refractivity (Wildman–Crippen MR) is 72.2 cm³/mol. The maximum Gasteiger partial charge on any atom is 0.416 e. The van der Waals surface area contributed by atoms with Gasteiger partial charge in [0.1, 0.15) is 0 Å². The van der Waals surface area contributed by atoms with Gasteiger partial charge in [-0.15, -0.1) is 0 Å². The Morgan fingerprint density at radius 2 is 1.76 bits per heavy atom. The second-order valence-corrected chi connectivity index (χ2v) is 4.58. The van der Waals surface area contributed by atoms with Crippen LogP contribution in [0.15, 0.2) is 29.3 Å². The molecule has 0 radical (unpaired) electrons. The van der Waals surface area contributed by atoms with E-state index in [9.17, 15) is 18.0 Å². The standard InChI is InChI=1S/C13H15F3N4O/c14-13(15,16)9-1-3-10(4-2-9)19-11(17)12(21)20-7-5-18-6-8-20/h1-4,18H,5-8H2,(H2,17,19). The second-order valence-electron chi connectivity index (χ2n) is 4.58. The predicted octanol–water partition coefficient (Wildman–Crippen LogP) is 1.13. The minimum Gasteiger partial charge on any atom is -0.379 e. The first-order valence-electron chi connectivity index (χ1n) is 6.39. The number of carbonyl (C=O) groups excluding carboxylic acids is 1. The fourth-order valence-corrected chi connectivity index (χ4v) is 1.94. The molecule has 1 aromatic carbocycles. The molecule has 8 heteroatoms. The molecular formula is C13H15F3N4O. The average Bonchev–Trinajstić information content (AvgIpc) is 2.47. The number of nitrogens with one attached hydrogen (secondary N) is 1. The van der Waals surface area contributed by atoms with Crippen molar-refractivity contribution in [1.29, 1.82) is 0 Å². The lowest BCUT2D eigenvalue weighted by atomic mass is 10.2. The normalized spacial score (nSPS) is 16.9. The van der Waals surface area contributed by atoms with E-state index in [1.165, 1.54) is 12.1 Å². The van der Waals surface area contributed by atoms with E-state index in [1.54, 1.807) is 4.90 Å². The van der Waals surface area contributed by atoms with Gasteiger partial charge in [0.15, 0.2) is 5.84 Å². The van der Waals surface area contributed by atoms with E-state index < -0.39 is 17.6 Å². The molecule has 0 saturated carbocycles. The summed E-state index contributed by atoms with van der Waals surface area (Å²) in [5.74, 6) is -0.631. The van der Waals surface area contributed by atoms with Crippen LogP contribution in [-0.2, 0) is 11.0 Å². The molecule has 1 aliphatic heterocycles. The Balaban J connectivity index is 2.09. The number of hydrogen-bond acceptors (Lipinski definition) is 3. The van der Waals surface area contributed by atoms with Crippen molar-refractivity contribution in [2.75, 3.05) is 26.2 Å². The number of nitrogens with zero attached hydrogens (tertiary/aromatic N) is 2. The number of halogens is 3. The molecule has 1 aliphatic rings. The van der Waals surface area contributed by atoms with E-state index in [1.807, 2.05) is 0 Å². The molecular weight excluding hydrogens is 285 g/mol. The van der Waals surface area contributed by atoms with Crippen LogP contribution in [0, 0.1) is 0 Å². The van der Waals surface area contributed by atoms with E-state index >= 15 is 0 Å². The largest absolute Gasteiger partial charge is 0.416 e. The zero-order valence-electron chi connectivity index (χ0n) is 11.2. The van der Waals surface area contributed by atoms with Gasteiger partial charge in [-0.3, -0.25) is 4.79 Å². The maximum absolute atomic E-state index is 12.4. The number of nitrogens with two attached hydrogens (primary N) is 1. The lowest BCUT2D eigenvalue weighted by Crippen LogP contribution is -2.50. The number of carbonyl (C=O) groups is 1. The highest BCUT2D eigenvalue weighted by Crippen LogP contribution is 2.30. The number of amides is 1. The smallest absolute Gasteiger partial charge is 0.379 e. The zero-order chi connectivity index (χ0) is 15.5. The van der Waals surface area contributed by atoms with E-state index in [0.29, 0.717) is 26.2 Å². The first kappa shape index (κ1) is 15.3. The molecule has 1 aromatic rings. The molecule has 0 atom stereocenters. The highest BCUT2D eigenvalue weighted by Gasteiger charge is 2.30. The third-order valence-electron chi connectivity index (χ3n) is 3.07. The topological polar surface area (TPSA) is 70.7 Å². The third-order valence-corrected chi connectivity index (χ3v) is 3.07. The molecule has 1 fully saturated rings. The van der Waals surface area contributed by atoms with Gasteiger partial charge in [0.05, 0.1) is 11.3 Å². The molecule has 0 bridgehead atoms. The van der Waals surface area contributed by atoms with Crippen LogP contribution in [0.2, 0.25) is 0 Å². The number of piperazine rings is 1. The highest BCUT2D eigenvalue weighted by molar-refractivity contribution is 6.37. The molecule has 114 valence electrons. The van der Waals surface area contributed by atoms with Crippen molar-refractivity contribution in [3.63, 3.8) is 0 Å². The summed E-state index contributed by atoms with van der Waals surface area (Å²) in [7, 11) is 0. The first-order valence-corrected chi connectivity index (χ1v) is 6.39. The van der Waals surface area contributed by atoms with Crippen molar-refractivity contribution in [2.45, 2.75) is 6.18 Å². The number of rotatable bonds is 1. The highest BCUT2D eigenvalue weighted by atomic mass is 19.4. The summed E-state index contributed by atoms with van der Waals surface area (Å²) in [5.41, 5.74) is 5.06. The molecule has 3 N–H and O–H groups in total. The van der Waals surface area contributed by atoms with Crippen molar-refractivity contribution in [3.8, 4) is 0 Å². The molecule has 0 aliphatic carbocycles. The molecule has 0 aromatic heterocycles. The minimum absolute atomic E-state index is 0.212. The van der Waals surface area contributed by atoms with Crippen molar-refractivity contribution in [1.82, 2.24) is 10.2 Å². The molecule has 5 nitrogen and oxygen atoms in total. The van der Waals surface area contributed by atoms with E-state index in [4.69, 9.17) is 5.73 Å². The van der Waals surface area contributed by atoms with Crippen molar-refractivity contribution in [2.24, 2.45) is 10.7 Å². The van der Waals surface area contributed by atoms with Gasteiger partial charge >= 0.3 is 6.18 Å². The van der Waals surface area contributed by atoms with E-state index in [-0.39, 0.29) is 11.5 Å². The van der Waals surface area contributed by atoms with Crippen LogP contribution in [0.4, 0.5) is 18.9 Å². The minimum atomic E-state index is -4.40. The Morgan fingerprint density at radius 1 is 1.19 bits per heavy atom. The Bertz CT molecular complexity index is 533. The molecule has 2 rings (SSSR count). The first-order chi connectivity index (χ1) is 9.88. The third kappa shape index (κ3) is 3.94. The Hall–Kier alpha value is -2.09. The van der Waals surface area contributed by atoms with Gasteiger partial charge in [-0.05, 0) is 24.3 Å². The maximum atomic E-state index is 12.4. The monoisotopic (exact) mass is 300 g/mol. The summed E-state index contributed by atoms with van der Waals surface area (Å²) in [6, 6.07) is 4.17. The SMILES string of the molecule is NC(=Nc1ccc(C(F)(F)F)cc1)C(=O)N1CCNCC1. The fraction of sp³-hybridized carbons (Fsp3) is 0.385. The fourth-order valence-electron chi connectivity index (χ4n) is 1.94. The number of aliphatic imine (C=N–C) groups is 1. The summed E-state index contributed by atoms with van der Waals surface area (Å²) < 4.78 is 37.3. The lowest BCUT2D eigenvalue weighted by molar-refractivity contribution is -0.137. The van der Waals surface area contributed by atoms with Crippen LogP contribution in [-0.4, -0.2) is 42.8 Å². The number of amidine groups is 1. The Morgan fingerprint density at radius 3 is 2.29 bits per heavy atom. The Labute approximate surface area is 119 Å². The average molecular weight is 300 g/mol. The van der Waals surface area contributed by atoms with E-state index in [2.05, 4.69) is 10.3 Å². The molecule has 1 saturated heterocycles. The van der Waals surface area contributed by atoms with Gasteiger partial charge in [-0.1, -0.05) is 0 Å². The van der Waals surface area contributed by atoms with Gasteiger partial charge in [0.2, 0.25) is 0 Å². The van der Waals surface area contributed by atoms with Crippen molar-refractivity contribution in [3.05, 3.63) is 29.8 Å². The number of hydrogen-bond donors (Lipinski definition) is 2. The van der Waals surface area contributed by atoms with Gasteiger partial charge in [0.25, 0.3) is 5.91 Å². The van der Waals surface area contributed by atoms with Crippen molar-refractivity contribution < 1.29 is 18.0 Å². The number of benzene rings is 1. The van der Waals surface area contributed by atoms with Crippen LogP contribution in [0.5, 0.6) is 0 Å². The van der Waals surface area contributed by atoms with Crippen LogP contribution >= 0.6 is 0 Å². The Kier molecular flexibility index (Phi) is 4.46. The summed E-state index contributed by atoms with van der Waals surface area (Å²) in [5, 5.41) is 3.10. The molecule has 0 spiro atoms. The van der Waals surface area contributed by atoms with Crippen LogP contribution in [0.25, 0.3) is 0 Å². The van der Waals surface area contributed by atoms with Gasteiger partial charge in [0, 0.05) is 26.2 Å². The summed E-state index contributed by atoms with van der Waals surface area (Å²) >= 11 is 0. The molecule has 0 unspecified atom stereocenters. The second kappa shape index (κ2) is 6.13. The van der Waals surface area contributed by atoms with Crippen molar-refractivity contribution >= 4 is 17.4 Å². The van der Waals surface area contributed by atoms with Crippen LogP contribution < -0.4 is 11.1 Å². The summed E-state index contributed by atoms with van der Waals surface area (Å²) in [6.45, 7) is 2.42. The van der Waals surface area contributed by atoms with Gasteiger partial charge in [-0.2, -0.15) is 13.2 Å². The quantitative estimate of drug-likeness (QED) is 0.603. The lowest BCUT2D eigenvalue weighted by Gasteiger charge is -2.26. The summed E-state index contributed by atoms with van der Waals surface area (Å²) in [6.07, 6.45) is -4.40. The van der Waals surface area contributed by atoms with E-state index in [0.717, 1.165) is 12.1 Å². The zero-order valence-corrected chi connectivity index (χ0v) is 11.2. The number of alkyl halides is 3. The molecule has 21 heavy (non-hydrogen) atoms. The van der Waals surface area contributed by atoms with Gasteiger partial charge < -0.3 is 16.0 Å². The molecule has 1 heterocycles. The molecule has 1 amide bonds. The summed E-state index contributed by atoms with van der Waals surface area (Å²) in [4.78, 5) is 17.4.